The fraction of sp³-hybridized carbons (Fsp3) is 0.643. The van der Waals surface area contributed by atoms with Crippen molar-refractivity contribution in [3.05, 3.63) is 28.7 Å². The summed E-state index contributed by atoms with van der Waals surface area (Å²) >= 11 is 0. The number of ether oxygens (including phenoxy) is 1. The van der Waals surface area contributed by atoms with Crippen molar-refractivity contribution in [3.8, 4) is 0 Å². The van der Waals surface area contributed by atoms with Crippen molar-refractivity contribution < 1.29 is 4.74 Å². The van der Waals surface area contributed by atoms with Gasteiger partial charge in [0.25, 0.3) is 5.56 Å². The SMILES string of the molecule is CNc1cccn(C2CCC(C)(OC)CC2)c1=O. The van der Waals surface area contributed by atoms with Gasteiger partial charge >= 0.3 is 0 Å². The highest BCUT2D eigenvalue weighted by Crippen LogP contribution is 2.36. The zero-order valence-corrected chi connectivity index (χ0v) is 11.4. The summed E-state index contributed by atoms with van der Waals surface area (Å²) < 4.78 is 7.40. The molecule has 0 spiro atoms. The van der Waals surface area contributed by atoms with Crippen molar-refractivity contribution in [3.63, 3.8) is 0 Å². The lowest BCUT2D eigenvalue weighted by atomic mass is 9.83. The van der Waals surface area contributed by atoms with Gasteiger partial charge in [-0.15, -0.1) is 0 Å². The van der Waals surface area contributed by atoms with E-state index >= 15 is 0 Å². The van der Waals surface area contributed by atoms with Crippen LogP contribution >= 0.6 is 0 Å². The zero-order chi connectivity index (χ0) is 13.2. The average molecular weight is 250 g/mol. The van der Waals surface area contributed by atoms with Crippen LogP contribution in [0.3, 0.4) is 0 Å². The first kappa shape index (κ1) is 13.1. The largest absolute Gasteiger partial charge is 0.384 e. The monoisotopic (exact) mass is 250 g/mol. The minimum Gasteiger partial charge on any atom is -0.384 e. The molecule has 1 aromatic rings. The smallest absolute Gasteiger partial charge is 0.274 e. The molecule has 4 heteroatoms. The summed E-state index contributed by atoms with van der Waals surface area (Å²) in [6.45, 7) is 2.15. The molecule has 0 bridgehead atoms. The molecule has 100 valence electrons. The standard InChI is InChI=1S/C14H22N2O2/c1-14(18-3)8-6-11(7-9-14)16-10-4-5-12(15-2)13(16)17/h4-5,10-11,15H,6-9H2,1-3H3. The highest BCUT2D eigenvalue weighted by atomic mass is 16.5. The van der Waals surface area contributed by atoms with E-state index in [1.54, 1.807) is 14.2 Å². The second-order valence-corrected chi connectivity index (χ2v) is 5.27. The van der Waals surface area contributed by atoms with E-state index in [2.05, 4.69) is 12.2 Å². The molecule has 4 nitrogen and oxygen atoms in total. The second kappa shape index (κ2) is 5.14. The predicted octanol–water partition coefficient (Wildman–Crippen LogP) is 2.41. The first-order valence-corrected chi connectivity index (χ1v) is 6.54. The number of pyridine rings is 1. The maximum absolute atomic E-state index is 12.2. The molecule has 2 rings (SSSR count). The van der Waals surface area contributed by atoms with Gasteiger partial charge in [-0.05, 0) is 44.7 Å². The third-order valence-corrected chi connectivity index (χ3v) is 4.14. The van der Waals surface area contributed by atoms with E-state index < -0.39 is 0 Å². The van der Waals surface area contributed by atoms with Crippen LogP contribution in [-0.2, 0) is 4.74 Å². The summed E-state index contributed by atoms with van der Waals surface area (Å²) in [5.74, 6) is 0. The normalized spacial score (nSPS) is 28.1. The van der Waals surface area contributed by atoms with Crippen LogP contribution in [0, 0.1) is 0 Å². The van der Waals surface area contributed by atoms with Gasteiger partial charge in [0, 0.05) is 26.4 Å². The number of nitrogens with one attached hydrogen (secondary N) is 1. The number of nitrogens with zero attached hydrogens (tertiary/aromatic N) is 1. The van der Waals surface area contributed by atoms with Gasteiger partial charge in [0.15, 0.2) is 0 Å². The summed E-state index contributed by atoms with van der Waals surface area (Å²) in [6.07, 6.45) is 5.90. The topological polar surface area (TPSA) is 43.3 Å². The van der Waals surface area contributed by atoms with E-state index in [0.717, 1.165) is 25.7 Å². The maximum atomic E-state index is 12.2. The van der Waals surface area contributed by atoms with Crippen LogP contribution in [0.15, 0.2) is 23.1 Å². The highest BCUT2D eigenvalue weighted by Gasteiger charge is 2.31. The molecule has 0 aliphatic heterocycles. The van der Waals surface area contributed by atoms with Gasteiger partial charge < -0.3 is 14.6 Å². The third kappa shape index (κ3) is 2.43. The fourth-order valence-corrected chi connectivity index (χ4v) is 2.68. The van der Waals surface area contributed by atoms with Gasteiger partial charge in [0.05, 0.1) is 5.60 Å². The first-order chi connectivity index (χ1) is 8.59. The summed E-state index contributed by atoms with van der Waals surface area (Å²) in [4.78, 5) is 12.2. The molecule has 0 radical (unpaired) electrons. The molecule has 0 atom stereocenters. The molecule has 0 saturated heterocycles. The Morgan fingerprint density at radius 2 is 2.11 bits per heavy atom. The van der Waals surface area contributed by atoms with Crippen LogP contribution in [0.5, 0.6) is 0 Å². The number of hydrogen-bond donors (Lipinski definition) is 1. The molecule has 1 aromatic heterocycles. The Morgan fingerprint density at radius 3 is 2.67 bits per heavy atom. The van der Waals surface area contributed by atoms with Crippen LogP contribution < -0.4 is 10.9 Å². The van der Waals surface area contributed by atoms with Crippen LogP contribution in [0.4, 0.5) is 5.69 Å². The Labute approximate surface area is 108 Å². The van der Waals surface area contributed by atoms with Gasteiger partial charge in [-0.25, -0.2) is 0 Å². The molecule has 18 heavy (non-hydrogen) atoms. The molecule has 0 amide bonds. The van der Waals surface area contributed by atoms with E-state index in [1.807, 2.05) is 22.9 Å². The molecule has 1 N–H and O–H groups in total. The predicted molar refractivity (Wildman–Crippen MR) is 73.2 cm³/mol. The molecular formula is C14H22N2O2. The summed E-state index contributed by atoms with van der Waals surface area (Å²) in [5.41, 5.74) is 0.726. The van der Waals surface area contributed by atoms with E-state index in [-0.39, 0.29) is 11.2 Å². The van der Waals surface area contributed by atoms with Crippen molar-refractivity contribution in [2.75, 3.05) is 19.5 Å². The lowest BCUT2D eigenvalue weighted by Gasteiger charge is -2.36. The number of anilines is 1. The average Bonchev–Trinajstić information content (AvgIpc) is 2.40. The van der Waals surface area contributed by atoms with E-state index in [9.17, 15) is 4.79 Å². The molecule has 0 aromatic carbocycles. The molecule has 1 aliphatic rings. The van der Waals surface area contributed by atoms with Crippen LogP contribution in [0.2, 0.25) is 0 Å². The maximum Gasteiger partial charge on any atom is 0.274 e. The minimum absolute atomic E-state index is 0.0132. The molecular weight excluding hydrogens is 228 g/mol. The van der Waals surface area contributed by atoms with Crippen LogP contribution in [0.25, 0.3) is 0 Å². The molecule has 0 unspecified atom stereocenters. The molecule has 1 heterocycles. The Morgan fingerprint density at radius 1 is 1.44 bits per heavy atom. The lowest BCUT2D eigenvalue weighted by Crippen LogP contribution is -2.36. The van der Waals surface area contributed by atoms with Crippen molar-refractivity contribution in [1.29, 1.82) is 0 Å². The summed E-state index contributed by atoms with van der Waals surface area (Å²) in [6, 6.07) is 4.05. The van der Waals surface area contributed by atoms with E-state index in [4.69, 9.17) is 4.74 Å². The Hall–Kier alpha value is -1.29. The first-order valence-electron chi connectivity index (χ1n) is 6.54. The van der Waals surface area contributed by atoms with Gasteiger partial charge in [0.1, 0.15) is 5.69 Å². The van der Waals surface area contributed by atoms with Gasteiger partial charge in [0.2, 0.25) is 0 Å². The van der Waals surface area contributed by atoms with Crippen LogP contribution in [0.1, 0.15) is 38.6 Å². The number of rotatable bonds is 3. The van der Waals surface area contributed by atoms with Gasteiger partial charge in [-0.3, -0.25) is 4.79 Å². The summed E-state index contributed by atoms with van der Waals surface area (Å²) in [5, 5.41) is 2.94. The molecule has 1 fully saturated rings. The number of hydrogen-bond acceptors (Lipinski definition) is 3. The van der Waals surface area contributed by atoms with Crippen molar-refractivity contribution in [1.82, 2.24) is 4.57 Å². The highest BCUT2D eigenvalue weighted by molar-refractivity contribution is 5.39. The van der Waals surface area contributed by atoms with Crippen LogP contribution in [-0.4, -0.2) is 24.3 Å². The third-order valence-electron chi connectivity index (χ3n) is 4.14. The number of aromatic nitrogens is 1. The quantitative estimate of drug-likeness (QED) is 0.896. The van der Waals surface area contributed by atoms with Crippen molar-refractivity contribution in [2.24, 2.45) is 0 Å². The summed E-state index contributed by atoms with van der Waals surface area (Å²) in [7, 11) is 3.55. The van der Waals surface area contributed by atoms with Crippen molar-refractivity contribution in [2.45, 2.75) is 44.2 Å². The fourth-order valence-electron chi connectivity index (χ4n) is 2.68. The van der Waals surface area contributed by atoms with Gasteiger partial charge in [-0.1, -0.05) is 0 Å². The second-order valence-electron chi connectivity index (χ2n) is 5.27. The van der Waals surface area contributed by atoms with E-state index in [0.29, 0.717) is 11.7 Å². The minimum atomic E-state index is -0.0132. The van der Waals surface area contributed by atoms with Gasteiger partial charge in [-0.2, -0.15) is 0 Å². The van der Waals surface area contributed by atoms with E-state index in [1.165, 1.54) is 0 Å². The Kier molecular flexibility index (Phi) is 3.76. The Balaban J connectivity index is 2.18. The molecule has 1 aliphatic carbocycles. The number of methoxy groups -OCH3 is 1. The molecule has 1 saturated carbocycles. The van der Waals surface area contributed by atoms with Crippen molar-refractivity contribution >= 4 is 5.69 Å². The zero-order valence-electron chi connectivity index (χ0n) is 11.4. The Bertz CT molecular complexity index is 459. The lowest BCUT2D eigenvalue weighted by molar-refractivity contribution is -0.0324.